The van der Waals surface area contributed by atoms with Gasteiger partial charge in [0.15, 0.2) is 0 Å². The average Bonchev–Trinajstić information content (AvgIpc) is 2.65. The summed E-state index contributed by atoms with van der Waals surface area (Å²) in [4.78, 5) is 14.8. The Bertz CT molecular complexity index is 763. The van der Waals surface area contributed by atoms with Crippen molar-refractivity contribution in [2.24, 2.45) is 0 Å². The first-order chi connectivity index (χ1) is 12.5. The lowest BCUT2D eigenvalue weighted by atomic mass is 10.0. The summed E-state index contributed by atoms with van der Waals surface area (Å²) in [6.07, 6.45) is 3.90. The number of hydrogen-bond donors (Lipinski definition) is 1. The third-order valence-electron chi connectivity index (χ3n) is 4.98. The maximum absolute atomic E-state index is 13.3. The molecule has 1 heterocycles. The number of benzene rings is 2. The van der Waals surface area contributed by atoms with Gasteiger partial charge < -0.3 is 5.32 Å². The van der Waals surface area contributed by atoms with E-state index in [0.29, 0.717) is 18.2 Å². The molecule has 0 radical (unpaired) electrons. The minimum absolute atomic E-state index is 0.250. The third kappa shape index (κ3) is 5.04. The molecule has 0 aromatic heterocycles. The fraction of sp³-hybridized carbons (Fsp3) is 0.381. The van der Waals surface area contributed by atoms with Crippen molar-refractivity contribution in [2.45, 2.75) is 45.3 Å². The zero-order valence-corrected chi connectivity index (χ0v) is 17.1. The van der Waals surface area contributed by atoms with Gasteiger partial charge in [0.2, 0.25) is 0 Å². The molecule has 0 aliphatic carbocycles. The molecule has 5 heteroatoms. The molecule has 1 aliphatic rings. The van der Waals surface area contributed by atoms with Gasteiger partial charge in [-0.25, -0.2) is 4.39 Å². The van der Waals surface area contributed by atoms with E-state index in [0.717, 1.165) is 15.7 Å². The van der Waals surface area contributed by atoms with Crippen LogP contribution >= 0.6 is 22.6 Å². The van der Waals surface area contributed by atoms with Crippen molar-refractivity contribution in [1.82, 2.24) is 10.2 Å². The molecule has 1 aliphatic heterocycles. The molecule has 2 aromatic carbocycles. The zero-order chi connectivity index (χ0) is 18.5. The zero-order valence-electron chi connectivity index (χ0n) is 15.0. The summed E-state index contributed by atoms with van der Waals surface area (Å²) in [6, 6.07) is 13.3. The number of likely N-dealkylation sites (tertiary alicyclic amines) is 1. The average molecular weight is 466 g/mol. The number of nitrogens with one attached hydrogen (secondary N) is 1. The Balaban J connectivity index is 1.55. The van der Waals surface area contributed by atoms with Gasteiger partial charge in [-0.3, -0.25) is 9.69 Å². The Morgan fingerprint density at radius 3 is 2.65 bits per heavy atom. The Labute approximate surface area is 168 Å². The lowest BCUT2D eigenvalue weighted by Gasteiger charge is -2.33. The number of carbonyl (C=O) groups is 1. The number of carbonyl (C=O) groups excluding carboxylic acids is 1. The maximum atomic E-state index is 13.3. The highest BCUT2D eigenvalue weighted by Gasteiger charge is 2.18. The van der Waals surface area contributed by atoms with Crippen molar-refractivity contribution in [2.75, 3.05) is 6.54 Å². The minimum atomic E-state index is -0.396. The van der Waals surface area contributed by atoms with Gasteiger partial charge in [-0.1, -0.05) is 30.7 Å². The quantitative estimate of drug-likeness (QED) is 0.647. The highest BCUT2D eigenvalue weighted by Crippen LogP contribution is 2.19. The van der Waals surface area contributed by atoms with Crippen LogP contribution < -0.4 is 5.32 Å². The molecule has 1 saturated heterocycles. The molecule has 3 nitrogen and oxygen atoms in total. The monoisotopic (exact) mass is 466 g/mol. The van der Waals surface area contributed by atoms with Gasteiger partial charge in [-0.05, 0) is 78.2 Å². The largest absolute Gasteiger partial charge is 0.348 e. The van der Waals surface area contributed by atoms with Gasteiger partial charge in [0, 0.05) is 22.7 Å². The van der Waals surface area contributed by atoms with E-state index in [1.807, 2.05) is 22.6 Å². The first kappa shape index (κ1) is 19.3. The van der Waals surface area contributed by atoms with Crippen LogP contribution in [0.15, 0.2) is 42.5 Å². The van der Waals surface area contributed by atoms with Crippen molar-refractivity contribution in [3.05, 3.63) is 68.5 Å². The molecule has 3 rings (SSSR count). The summed E-state index contributed by atoms with van der Waals surface area (Å²) in [7, 11) is 0. The molecule has 0 bridgehead atoms. The van der Waals surface area contributed by atoms with Crippen molar-refractivity contribution < 1.29 is 9.18 Å². The van der Waals surface area contributed by atoms with Crippen molar-refractivity contribution >= 4 is 28.5 Å². The van der Waals surface area contributed by atoms with Crippen LogP contribution in [0.25, 0.3) is 0 Å². The van der Waals surface area contributed by atoms with E-state index in [2.05, 4.69) is 41.4 Å². The number of rotatable bonds is 5. The van der Waals surface area contributed by atoms with Crippen molar-refractivity contribution in [1.29, 1.82) is 0 Å². The summed E-state index contributed by atoms with van der Waals surface area (Å²) >= 11 is 2.05. The number of hydrogen-bond acceptors (Lipinski definition) is 2. The smallest absolute Gasteiger partial charge is 0.252 e. The number of halogens is 2. The van der Waals surface area contributed by atoms with E-state index in [1.165, 1.54) is 43.5 Å². The SMILES string of the molecule is CC1CCCCN1Cc1ccc(CNC(=O)c2cc(F)ccc2I)cc1. The van der Waals surface area contributed by atoms with Crippen molar-refractivity contribution in [3.63, 3.8) is 0 Å². The molecule has 2 aromatic rings. The van der Waals surface area contributed by atoms with Gasteiger partial charge in [0.25, 0.3) is 5.91 Å². The highest BCUT2D eigenvalue weighted by molar-refractivity contribution is 14.1. The molecular weight excluding hydrogens is 442 g/mol. The second-order valence-corrected chi connectivity index (χ2v) is 8.10. The second kappa shape index (κ2) is 8.95. The Morgan fingerprint density at radius 2 is 1.92 bits per heavy atom. The fourth-order valence-corrected chi connectivity index (χ4v) is 3.92. The Morgan fingerprint density at radius 1 is 1.19 bits per heavy atom. The second-order valence-electron chi connectivity index (χ2n) is 6.94. The predicted octanol–water partition coefficient (Wildman–Crippen LogP) is 4.73. The van der Waals surface area contributed by atoms with Gasteiger partial charge in [0.1, 0.15) is 5.82 Å². The lowest BCUT2D eigenvalue weighted by Crippen LogP contribution is -2.36. The van der Waals surface area contributed by atoms with Gasteiger partial charge in [-0.15, -0.1) is 0 Å². The van der Waals surface area contributed by atoms with Gasteiger partial charge in [-0.2, -0.15) is 0 Å². The minimum Gasteiger partial charge on any atom is -0.348 e. The summed E-state index contributed by atoms with van der Waals surface area (Å²) in [5, 5.41) is 2.87. The molecule has 26 heavy (non-hydrogen) atoms. The molecule has 1 fully saturated rings. The number of nitrogens with zero attached hydrogens (tertiary/aromatic N) is 1. The normalized spacial score (nSPS) is 17.9. The molecule has 1 N–H and O–H groups in total. The first-order valence-corrected chi connectivity index (χ1v) is 10.2. The molecule has 0 spiro atoms. The topological polar surface area (TPSA) is 32.3 Å². The third-order valence-corrected chi connectivity index (χ3v) is 5.92. The van der Waals surface area contributed by atoms with Crippen LogP contribution in [0.5, 0.6) is 0 Å². The summed E-state index contributed by atoms with van der Waals surface area (Å²) in [6.45, 7) is 4.89. The van der Waals surface area contributed by atoms with Crippen LogP contribution in [0.1, 0.15) is 47.7 Å². The molecular formula is C21H24FIN2O. The Kier molecular flexibility index (Phi) is 6.64. The molecule has 1 amide bonds. The van der Waals surface area contributed by atoms with E-state index in [1.54, 1.807) is 6.07 Å². The van der Waals surface area contributed by atoms with E-state index in [9.17, 15) is 9.18 Å². The van der Waals surface area contributed by atoms with E-state index in [-0.39, 0.29) is 5.91 Å². The molecule has 1 unspecified atom stereocenters. The van der Waals surface area contributed by atoms with Crippen LogP contribution in [0, 0.1) is 9.39 Å². The lowest BCUT2D eigenvalue weighted by molar-refractivity contribution is 0.0949. The van der Waals surface area contributed by atoms with Crippen LogP contribution in [-0.2, 0) is 13.1 Å². The standard InChI is InChI=1S/C21H24FIN2O/c1-15-4-2-3-11-25(15)14-17-7-5-16(6-8-17)13-24-21(26)19-12-18(22)9-10-20(19)23/h5-10,12,15H,2-4,11,13-14H2,1H3,(H,24,26). The first-order valence-electron chi connectivity index (χ1n) is 9.08. The maximum Gasteiger partial charge on any atom is 0.252 e. The Hall–Kier alpha value is -1.47. The number of piperidine rings is 1. The van der Waals surface area contributed by atoms with Crippen LogP contribution in [0.3, 0.4) is 0 Å². The van der Waals surface area contributed by atoms with Crippen LogP contribution in [-0.4, -0.2) is 23.4 Å². The van der Waals surface area contributed by atoms with E-state index < -0.39 is 5.82 Å². The van der Waals surface area contributed by atoms with E-state index in [4.69, 9.17) is 0 Å². The van der Waals surface area contributed by atoms with E-state index >= 15 is 0 Å². The van der Waals surface area contributed by atoms with Gasteiger partial charge >= 0.3 is 0 Å². The fourth-order valence-electron chi connectivity index (χ4n) is 3.34. The van der Waals surface area contributed by atoms with Crippen LogP contribution in [0.4, 0.5) is 4.39 Å². The van der Waals surface area contributed by atoms with Crippen LogP contribution in [0.2, 0.25) is 0 Å². The van der Waals surface area contributed by atoms with Gasteiger partial charge in [0.05, 0.1) is 5.56 Å². The van der Waals surface area contributed by atoms with Crippen molar-refractivity contribution in [3.8, 4) is 0 Å². The molecule has 1 atom stereocenters. The number of amides is 1. The summed E-state index contributed by atoms with van der Waals surface area (Å²) in [5.74, 6) is -0.646. The summed E-state index contributed by atoms with van der Waals surface area (Å²) in [5.41, 5.74) is 2.72. The predicted molar refractivity (Wildman–Crippen MR) is 110 cm³/mol. The molecule has 138 valence electrons. The highest BCUT2D eigenvalue weighted by atomic mass is 127. The molecule has 0 saturated carbocycles. The summed E-state index contributed by atoms with van der Waals surface area (Å²) < 4.78 is 14.1.